The van der Waals surface area contributed by atoms with E-state index in [0.717, 1.165) is 11.1 Å². The molecule has 7 nitrogen and oxygen atoms in total. The first-order chi connectivity index (χ1) is 14.5. The molecule has 30 heavy (non-hydrogen) atoms. The van der Waals surface area contributed by atoms with Crippen LogP contribution in [0, 0.1) is 13.8 Å². The lowest BCUT2D eigenvalue weighted by Gasteiger charge is -2.14. The molecule has 1 heterocycles. The summed E-state index contributed by atoms with van der Waals surface area (Å²) < 4.78 is 11.8. The summed E-state index contributed by atoms with van der Waals surface area (Å²) in [5, 5.41) is 10.0. The number of aromatic amines is 1. The van der Waals surface area contributed by atoms with Crippen molar-refractivity contribution < 1.29 is 9.47 Å². The van der Waals surface area contributed by atoms with Crippen LogP contribution in [0.4, 0.5) is 5.69 Å². The van der Waals surface area contributed by atoms with Crippen LogP contribution in [0.5, 0.6) is 11.5 Å². The van der Waals surface area contributed by atoms with Crippen molar-refractivity contribution in [1.82, 2.24) is 10.2 Å². The molecule has 0 aliphatic carbocycles. The normalized spacial score (nSPS) is 10.9. The average molecular weight is 427 g/mol. The second-order valence-electron chi connectivity index (χ2n) is 6.65. The number of hydrogen-bond donors (Lipinski definition) is 2. The molecule has 0 aliphatic heterocycles. The van der Waals surface area contributed by atoms with Gasteiger partial charge in [0.05, 0.1) is 19.0 Å². The Morgan fingerprint density at radius 2 is 2.00 bits per heavy atom. The van der Waals surface area contributed by atoms with Crippen molar-refractivity contribution in [3.8, 4) is 11.5 Å². The zero-order valence-electron chi connectivity index (χ0n) is 17.0. The fraction of sp³-hybridized carbons (Fsp3) is 0.227. The van der Waals surface area contributed by atoms with Crippen molar-refractivity contribution in [2.24, 2.45) is 5.10 Å². The van der Waals surface area contributed by atoms with Gasteiger partial charge in [0.25, 0.3) is 5.56 Å². The van der Waals surface area contributed by atoms with Crippen LogP contribution < -0.4 is 20.5 Å². The minimum Gasteiger partial charge on any atom is -0.490 e. The Hall–Kier alpha value is -3.32. The lowest BCUT2D eigenvalue weighted by molar-refractivity contribution is 0.269. The van der Waals surface area contributed by atoms with Crippen LogP contribution in [-0.4, -0.2) is 23.0 Å². The molecule has 0 saturated carbocycles. The molecule has 0 spiro atoms. The molecular formula is C22H23ClN4O3. The summed E-state index contributed by atoms with van der Waals surface area (Å²) in [6.45, 7) is 7.00. The molecule has 0 radical (unpaired) electrons. The van der Waals surface area contributed by atoms with Crippen molar-refractivity contribution in [2.45, 2.75) is 27.4 Å². The van der Waals surface area contributed by atoms with Gasteiger partial charge in [-0.3, -0.25) is 10.2 Å². The zero-order valence-corrected chi connectivity index (χ0v) is 17.8. The molecular weight excluding hydrogens is 404 g/mol. The highest BCUT2D eigenvalue weighted by atomic mass is 35.5. The quantitative estimate of drug-likeness (QED) is 0.410. The first kappa shape index (κ1) is 21.4. The highest BCUT2D eigenvalue weighted by Gasteiger charge is 2.08. The predicted octanol–water partition coefficient (Wildman–Crippen LogP) is 4.46. The van der Waals surface area contributed by atoms with E-state index in [2.05, 4.69) is 52.8 Å². The molecule has 8 heteroatoms. The predicted molar refractivity (Wildman–Crippen MR) is 119 cm³/mol. The SMILES string of the molecule is CCOc1cc(/C=N\Nc2cn[nH]c(=O)c2Cl)ccc1OCc1cc(C)ccc1C. The number of hydrogen-bond acceptors (Lipinski definition) is 6. The van der Waals surface area contributed by atoms with Gasteiger partial charge in [-0.2, -0.15) is 10.2 Å². The fourth-order valence-electron chi connectivity index (χ4n) is 2.74. The maximum atomic E-state index is 11.5. The number of halogens is 1. The number of benzene rings is 2. The van der Waals surface area contributed by atoms with Gasteiger partial charge in [-0.25, -0.2) is 5.10 Å². The standard InChI is InChI=1S/C22H23ClN4O3/c1-4-29-20-10-16(11-24-26-18-12-25-27-22(28)21(18)23)7-8-19(20)30-13-17-9-14(2)5-6-15(17)3/h5-12H,4,13H2,1-3H3,(H2,26,27,28)/b24-11-. The van der Waals surface area contributed by atoms with Gasteiger partial charge in [0.15, 0.2) is 11.5 Å². The van der Waals surface area contributed by atoms with E-state index in [1.165, 1.54) is 17.3 Å². The molecule has 2 N–H and O–H groups in total. The molecule has 156 valence electrons. The van der Waals surface area contributed by atoms with Gasteiger partial charge < -0.3 is 9.47 Å². The summed E-state index contributed by atoms with van der Waals surface area (Å²) in [4.78, 5) is 11.5. The van der Waals surface area contributed by atoms with E-state index in [4.69, 9.17) is 21.1 Å². The highest BCUT2D eigenvalue weighted by molar-refractivity contribution is 6.32. The van der Waals surface area contributed by atoms with Crippen LogP contribution in [0.25, 0.3) is 0 Å². The van der Waals surface area contributed by atoms with Gasteiger partial charge in [-0.15, -0.1) is 0 Å². The van der Waals surface area contributed by atoms with Crippen LogP contribution in [0.2, 0.25) is 5.02 Å². The van der Waals surface area contributed by atoms with Gasteiger partial charge in [-0.05, 0) is 55.7 Å². The third-order valence-electron chi connectivity index (χ3n) is 4.35. The van der Waals surface area contributed by atoms with Crippen molar-refractivity contribution >= 4 is 23.5 Å². The first-order valence-corrected chi connectivity index (χ1v) is 9.83. The van der Waals surface area contributed by atoms with Gasteiger partial charge >= 0.3 is 0 Å². The summed E-state index contributed by atoms with van der Waals surface area (Å²) >= 11 is 5.91. The lowest BCUT2D eigenvalue weighted by atomic mass is 10.1. The Morgan fingerprint density at radius 1 is 1.17 bits per heavy atom. The smallest absolute Gasteiger partial charge is 0.285 e. The molecule has 0 aliphatic rings. The van der Waals surface area contributed by atoms with Crippen molar-refractivity contribution in [3.63, 3.8) is 0 Å². The Labute approximate surface area is 179 Å². The molecule has 1 aromatic heterocycles. The molecule has 0 unspecified atom stereocenters. The number of H-pyrrole nitrogens is 1. The summed E-state index contributed by atoms with van der Waals surface area (Å²) in [6.07, 6.45) is 2.98. The minimum absolute atomic E-state index is 0.00709. The maximum absolute atomic E-state index is 11.5. The van der Waals surface area contributed by atoms with Crippen LogP contribution >= 0.6 is 11.6 Å². The second kappa shape index (κ2) is 9.93. The van der Waals surface area contributed by atoms with Gasteiger partial charge in [-0.1, -0.05) is 35.4 Å². The summed E-state index contributed by atoms with van der Waals surface area (Å²) in [7, 11) is 0. The Balaban J connectivity index is 1.73. The average Bonchev–Trinajstić information content (AvgIpc) is 2.73. The Bertz CT molecular complexity index is 1110. The lowest BCUT2D eigenvalue weighted by Crippen LogP contribution is -2.10. The Kier molecular flexibility index (Phi) is 7.08. The van der Waals surface area contributed by atoms with Crippen LogP contribution in [0.15, 0.2) is 52.5 Å². The number of aryl methyl sites for hydroxylation is 2. The van der Waals surface area contributed by atoms with E-state index in [-0.39, 0.29) is 5.02 Å². The third kappa shape index (κ3) is 5.39. The van der Waals surface area contributed by atoms with Crippen molar-refractivity contribution in [1.29, 1.82) is 0 Å². The molecule has 0 atom stereocenters. The Morgan fingerprint density at radius 3 is 2.80 bits per heavy atom. The molecule has 3 rings (SSSR count). The largest absolute Gasteiger partial charge is 0.490 e. The van der Waals surface area contributed by atoms with E-state index in [0.29, 0.717) is 30.4 Å². The number of ether oxygens (including phenoxy) is 2. The third-order valence-corrected chi connectivity index (χ3v) is 4.72. The van der Waals surface area contributed by atoms with Gasteiger partial charge in [0.2, 0.25) is 0 Å². The van der Waals surface area contributed by atoms with E-state index in [1.54, 1.807) is 6.21 Å². The van der Waals surface area contributed by atoms with E-state index in [1.807, 2.05) is 25.1 Å². The molecule has 0 bridgehead atoms. The number of aromatic nitrogens is 2. The second-order valence-corrected chi connectivity index (χ2v) is 7.03. The number of anilines is 1. The number of nitrogens with one attached hydrogen (secondary N) is 2. The van der Waals surface area contributed by atoms with Crippen molar-refractivity contribution in [3.05, 3.63) is 80.2 Å². The molecule has 2 aromatic carbocycles. The van der Waals surface area contributed by atoms with Gasteiger partial charge in [0, 0.05) is 0 Å². The van der Waals surface area contributed by atoms with E-state index < -0.39 is 5.56 Å². The zero-order chi connectivity index (χ0) is 21.5. The fourth-order valence-corrected chi connectivity index (χ4v) is 2.87. The topological polar surface area (TPSA) is 88.6 Å². The van der Waals surface area contributed by atoms with Crippen LogP contribution in [0.1, 0.15) is 29.2 Å². The first-order valence-electron chi connectivity index (χ1n) is 9.46. The summed E-state index contributed by atoms with van der Waals surface area (Å²) in [5.74, 6) is 1.28. The molecule has 3 aromatic rings. The summed E-state index contributed by atoms with van der Waals surface area (Å²) in [5.41, 5.74) is 6.84. The number of nitrogens with zero attached hydrogens (tertiary/aromatic N) is 2. The van der Waals surface area contributed by atoms with E-state index in [9.17, 15) is 4.79 Å². The monoisotopic (exact) mass is 426 g/mol. The van der Waals surface area contributed by atoms with Crippen LogP contribution in [-0.2, 0) is 6.61 Å². The van der Waals surface area contributed by atoms with Crippen molar-refractivity contribution in [2.75, 3.05) is 12.0 Å². The van der Waals surface area contributed by atoms with Gasteiger partial charge in [0.1, 0.15) is 17.3 Å². The maximum Gasteiger partial charge on any atom is 0.285 e. The summed E-state index contributed by atoms with van der Waals surface area (Å²) in [6, 6.07) is 11.8. The highest BCUT2D eigenvalue weighted by Crippen LogP contribution is 2.29. The number of hydrazone groups is 1. The molecule has 0 saturated heterocycles. The van der Waals surface area contributed by atoms with Crippen LogP contribution in [0.3, 0.4) is 0 Å². The minimum atomic E-state index is -0.485. The molecule has 0 fully saturated rings. The number of rotatable bonds is 8. The molecule has 0 amide bonds. The van der Waals surface area contributed by atoms with E-state index >= 15 is 0 Å².